The van der Waals surface area contributed by atoms with Crippen molar-refractivity contribution in [1.29, 1.82) is 0 Å². The largest absolute Gasteiger partial charge is 0.298 e. The SMILES string of the molecule is CCCCc1nn(-c2ccccc2)c(Cl)c1C=O. The number of rotatable bonds is 5. The van der Waals surface area contributed by atoms with Crippen LogP contribution in [0.4, 0.5) is 0 Å². The van der Waals surface area contributed by atoms with Crippen molar-refractivity contribution >= 4 is 17.9 Å². The molecule has 0 amide bonds. The maximum atomic E-state index is 11.1. The summed E-state index contributed by atoms with van der Waals surface area (Å²) in [7, 11) is 0. The van der Waals surface area contributed by atoms with Crippen LogP contribution in [0.2, 0.25) is 5.15 Å². The lowest BCUT2D eigenvalue weighted by Crippen LogP contribution is -1.97. The van der Waals surface area contributed by atoms with Gasteiger partial charge in [0.05, 0.1) is 16.9 Å². The van der Waals surface area contributed by atoms with Gasteiger partial charge in [0.25, 0.3) is 0 Å². The van der Waals surface area contributed by atoms with Crippen LogP contribution in [0.15, 0.2) is 30.3 Å². The Balaban J connectivity index is 2.43. The Bertz CT molecular complexity index is 534. The van der Waals surface area contributed by atoms with E-state index in [1.807, 2.05) is 30.3 Å². The van der Waals surface area contributed by atoms with E-state index in [0.29, 0.717) is 10.7 Å². The van der Waals surface area contributed by atoms with Gasteiger partial charge in [0.1, 0.15) is 5.15 Å². The predicted octanol–water partition coefficient (Wildman–Crippen LogP) is 3.68. The summed E-state index contributed by atoms with van der Waals surface area (Å²) in [4.78, 5) is 11.1. The molecule has 0 spiro atoms. The number of aldehydes is 1. The molecule has 0 radical (unpaired) electrons. The normalized spacial score (nSPS) is 10.6. The molecule has 3 nitrogen and oxygen atoms in total. The molecule has 0 fully saturated rings. The maximum Gasteiger partial charge on any atom is 0.155 e. The molecule has 0 aliphatic heterocycles. The minimum Gasteiger partial charge on any atom is -0.298 e. The Morgan fingerprint density at radius 2 is 2.06 bits per heavy atom. The van der Waals surface area contributed by atoms with Crippen molar-refractivity contribution in [2.45, 2.75) is 26.2 Å². The minimum absolute atomic E-state index is 0.391. The second-order valence-electron chi connectivity index (χ2n) is 4.12. The van der Waals surface area contributed by atoms with Crippen molar-refractivity contribution in [3.63, 3.8) is 0 Å². The third kappa shape index (κ3) is 2.46. The van der Waals surface area contributed by atoms with Crippen LogP contribution >= 0.6 is 11.6 Å². The average Bonchev–Trinajstić information content (AvgIpc) is 2.73. The molecule has 1 heterocycles. The molecule has 2 aromatic rings. The second kappa shape index (κ2) is 5.83. The maximum absolute atomic E-state index is 11.1. The zero-order valence-corrected chi connectivity index (χ0v) is 11.0. The first-order valence-corrected chi connectivity index (χ1v) is 6.43. The molecule has 1 aromatic carbocycles. The molecular weight excluding hydrogens is 248 g/mol. The summed E-state index contributed by atoms with van der Waals surface area (Å²) in [6.45, 7) is 2.11. The number of benzene rings is 1. The summed E-state index contributed by atoms with van der Waals surface area (Å²) < 4.78 is 1.62. The van der Waals surface area contributed by atoms with Gasteiger partial charge < -0.3 is 0 Å². The van der Waals surface area contributed by atoms with E-state index < -0.39 is 0 Å². The summed E-state index contributed by atoms with van der Waals surface area (Å²) in [6, 6.07) is 9.59. The number of carbonyl (C=O) groups is 1. The van der Waals surface area contributed by atoms with Crippen molar-refractivity contribution in [3.8, 4) is 5.69 Å². The van der Waals surface area contributed by atoms with Crippen LogP contribution in [0.1, 0.15) is 35.8 Å². The molecule has 0 saturated heterocycles. The van der Waals surface area contributed by atoms with Crippen LogP contribution in [0.5, 0.6) is 0 Å². The standard InChI is InChI=1S/C14H15ClN2O/c1-2-3-9-13-12(10-18)14(15)17(16-13)11-7-5-4-6-8-11/h4-8,10H,2-3,9H2,1H3. The van der Waals surface area contributed by atoms with Crippen molar-refractivity contribution in [1.82, 2.24) is 9.78 Å². The number of halogens is 1. The number of aryl methyl sites for hydroxylation is 1. The number of para-hydroxylation sites is 1. The number of carbonyl (C=O) groups excluding carboxylic acids is 1. The molecule has 4 heteroatoms. The smallest absolute Gasteiger partial charge is 0.155 e. The Labute approximate surface area is 111 Å². The van der Waals surface area contributed by atoms with E-state index in [1.165, 1.54) is 0 Å². The topological polar surface area (TPSA) is 34.9 Å². The fourth-order valence-electron chi connectivity index (χ4n) is 1.84. The average molecular weight is 263 g/mol. The molecule has 1 aromatic heterocycles. The third-order valence-electron chi connectivity index (χ3n) is 2.83. The van der Waals surface area contributed by atoms with E-state index in [1.54, 1.807) is 4.68 Å². The van der Waals surface area contributed by atoms with Gasteiger partial charge in [-0.2, -0.15) is 5.10 Å². The fourth-order valence-corrected chi connectivity index (χ4v) is 2.13. The number of aromatic nitrogens is 2. The Morgan fingerprint density at radius 1 is 1.33 bits per heavy atom. The lowest BCUT2D eigenvalue weighted by atomic mass is 10.1. The molecule has 0 unspecified atom stereocenters. The lowest BCUT2D eigenvalue weighted by Gasteiger charge is -2.01. The summed E-state index contributed by atoms with van der Waals surface area (Å²) >= 11 is 6.21. The van der Waals surface area contributed by atoms with Crippen LogP contribution in [-0.2, 0) is 6.42 Å². The van der Waals surface area contributed by atoms with E-state index >= 15 is 0 Å². The second-order valence-corrected chi connectivity index (χ2v) is 4.48. The lowest BCUT2D eigenvalue weighted by molar-refractivity contribution is 0.112. The van der Waals surface area contributed by atoms with E-state index in [4.69, 9.17) is 11.6 Å². The summed E-state index contributed by atoms with van der Waals surface area (Å²) in [5.41, 5.74) is 2.16. The molecular formula is C14H15ClN2O. The summed E-state index contributed by atoms with van der Waals surface area (Å²) in [6.07, 6.45) is 3.64. The number of hydrogen-bond donors (Lipinski definition) is 0. The molecule has 0 aliphatic carbocycles. The number of nitrogens with zero attached hydrogens (tertiary/aromatic N) is 2. The van der Waals surface area contributed by atoms with Crippen molar-refractivity contribution < 1.29 is 4.79 Å². The Kier molecular flexibility index (Phi) is 4.15. The van der Waals surface area contributed by atoms with Gasteiger partial charge in [0.15, 0.2) is 6.29 Å². The molecule has 0 N–H and O–H groups in total. The highest BCUT2D eigenvalue weighted by Crippen LogP contribution is 2.23. The highest BCUT2D eigenvalue weighted by atomic mass is 35.5. The first kappa shape index (κ1) is 12.8. The van der Waals surface area contributed by atoms with Gasteiger partial charge in [-0.1, -0.05) is 43.1 Å². The van der Waals surface area contributed by atoms with E-state index in [-0.39, 0.29) is 0 Å². The Morgan fingerprint density at radius 3 is 2.67 bits per heavy atom. The van der Waals surface area contributed by atoms with E-state index in [9.17, 15) is 4.79 Å². The van der Waals surface area contributed by atoms with Crippen LogP contribution in [0, 0.1) is 0 Å². The quantitative estimate of drug-likeness (QED) is 0.771. The zero-order chi connectivity index (χ0) is 13.0. The molecule has 0 bridgehead atoms. The highest BCUT2D eigenvalue weighted by Gasteiger charge is 2.16. The fraction of sp³-hybridized carbons (Fsp3) is 0.286. The first-order chi connectivity index (χ1) is 8.77. The van der Waals surface area contributed by atoms with Gasteiger partial charge in [-0.3, -0.25) is 4.79 Å². The van der Waals surface area contributed by atoms with E-state index in [2.05, 4.69) is 12.0 Å². The molecule has 0 saturated carbocycles. The minimum atomic E-state index is 0.391. The van der Waals surface area contributed by atoms with Crippen LogP contribution in [-0.4, -0.2) is 16.1 Å². The molecule has 0 aliphatic rings. The van der Waals surface area contributed by atoms with Gasteiger partial charge in [-0.25, -0.2) is 4.68 Å². The molecule has 2 rings (SSSR count). The third-order valence-corrected chi connectivity index (χ3v) is 3.19. The molecule has 0 atom stereocenters. The first-order valence-electron chi connectivity index (χ1n) is 6.06. The van der Waals surface area contributed by atoms with Gasteiger partial charge in [-0.15, -0.1) is 0 Å². The summed E-state index contributed by atoms with van der Waals surface area (Å²) in [5, 5.41) is 4.83. The molecule has 18 heavy (non-hydrogen) atoms. The monoisotopic (exact) mass is 262 g/mol. The highest BCUT2D eigenvalue weighted by molar-refractivity contribution is 6.32. The number of unbranched alkanes of at least 4 members (excludes halogenated alkanes) is 1. The van der Waals surface area contributed by atoms with Gasteiger partial charge in [0.2, 0.25) is 0 Å². The zero-order valence-electron chi connectivity index (χ0n) is 10.3. The van der Waals surface area contributed by atoms with Gasteiger partial charge >= 0.3 is 0 Å². The van der Waals surface area contributed by atoms with Crippen molar-refractivity contribution in [3.05, 3.63) is 46.7 Å². The summed E-state index contributed by atoms with van der Waals surface area (Å²) in [5.74, 6) is 0. The number of hydrogen-bond acceptors (Lipinski definition) is 2. The van der Waals surface area contributed by atoms with E-state index in [0.717, 1.165) is 36.9 Å². The molecule has 94 valence electrons. The van der Waals surface area contributed by atoms with Crippen molar-refractivity contribution in [2.24, 2.45) is 0 Å². The van der Waals surface area contributed by atoms with Gasteiger partial charge in [0, 0.05) is 0 Å². The van der Waals surface area contributed by atoms with Gasteiger partial charge in [-0.05, 0) is 25.0 Å². The van der Waals surface area contributed by atoms with Crippen LogP contribution in [0.25, 0.3) is 5.69 Å². The van der Waals surface area contributed by atoms with Crippen LogP contribution < -0.4 is 0 Å². The predicted molar refractivity (Wildman–Crippen MR) is 72.6 cm³/mol. The van der Waals surface area contributed by atoms with Crippen LogP contribution in [0.3, 0.4) is 0 Å². The Hall–Kier alpha value is -1.61. The van der Waals surface area contributed by atoms with Crippen molar-refractivity contribution in [2.75, 3.05) is 0 Å².